The van der Waals surface area contributed by atoms with Gasteiger partial charge in [0.1, 0.15) is 0 Å². The molecule has 86 valence electrons. The molecule has 0 aliphatic heterocycles. The lowest BCUT2D eigenvalue weighted by Crippen LogP contribution is -1.95. The summed E-state index contributed by atoms with van der Waals surface area (Å²) in [5.41, 5.74) is 0.828. The molecule has 0 saturated heterocycles. The topological polar surface area (TPSA) is 35.5 Å². The molecule has 0 aliphatic rings. The third-order valence-corrected chi connectivity index (χ3v) is 2.02. The number of carbonyl (C=O) groups is 1. The van der Waals surface area contributed by atoms with Gasteiger partial charge in [-0.25, -0.2) is 0 Å². The second kappa shape index (κ2) is 6.18. The van der Waals surface area contributed by atoms with Gasteiger partial charge in [-0.15, -0.1) is 0 Å². The van der Waals surface area contributed by atoms with Crippen molar-refractivity contribution in [3.8, 4) is 11.5 Å². The number of rotatable bonds is 5. The lowest BCUT2D eigenvalue weighted by Gasteiger charge is -2.09. The smallest absolute Gasteiger partial charge is 0.245 e. The van der Waals surface area contributed by atoms with E-state index < -0.39 is 5.24 Å². The van der Waals surface area contributed by atoms with Crippen molar-refractivity contribution >= 4 is 22.9 Å². The molecular formula is C12H13ClO3. The van der Waals surface area contributed by atoms with Gasteiger partial charge in [-0.2, -0.15) is 0 Å². The van der Waals surface area contributed by atoms with E-state index in [4.69, 9.17) is 21.1 Å². The largest absolute Gasteiger partial charge is 0.493 e. The molecule has 1 aromatic rings. The van der Waals surface area contributed by atoms with E-state index in [-0.39, 0.29) is 0 Å². The number of methoxy groups -OCH3 is 1. The minimum absolute atomic E-state index is 0.507. The third-order valence-electron chi connectivity index (χ3n) is 1.89. The molecule has 16 heavy (non-hydrogen) atoms. The van der Waals surface area contributed by atoms with Crippen LogP contribution in [0.3, 0.4) is 0 Å². The van der Waals surface area contributed by atoms with Gasteiger partial charge in [-0.3, -0.25) is 4.79 Å². The average molecular weight is 241 g/mol. The van der Waals surface area contributed by atoms with E-state index in [1.54, 1.807) is 25.3 Å². The van der Waals surface area contributed by atoms with Crippen LogP contribution >= 0.6 is 11.6 Å². The molecule has 0 fully saturated rings. The molecule has 0 bridgehead atoms. The van der Waals surface area contributed by atoms with Crippen LogP contribution < -0.4 is 9.47 Å². The second-order valence-corrected chi connectivity index (χ2v) is 3.35. The maximum atomic E-state index is 10.6. The molecule has 0 unspecified atom stereocenters. The number of allylic oxidation sites excluding steroid dienone is 1. The van der Waals surface area contributed by atoms with Crippen LogP contribution in [0.25, 0.3) is 6.08 Å². The molecule has 4 heteroatoms. The molecule has 0 saturated carbocycles. The highest BCUT2D eigenvalue weighted by molar-refractivity contribution is 6.66. The lowest BCUT2D eigenvalue weighted by atomic mass is 10.2. The number of benzene rings is 1. The van der Waals surface area contributed by atoms with Gasteiger partial charge in [0, 0.05) is 0 Å². The van der Waals surface area contributed by atoms with Crippen molar-refractivity contribution in [3.05, 3.63) is 29.8 Å². The van der Waals surface area contributed by atoms with Gasteiger partial charge in [-0.05, 0) is 42.3 Å². The molecule has 0 heterocycles. The van der Waals surface area contributed by atoms with Gasteiger partial charge >= 0.3 is 0 Å². The van der Waals surface area contributed by atoms with Crippen LogP contribution in [0, 0.1) is 0 Å². The fraction of sp³-hybridized carbons (Fsp3) is 0.250. The first-order valence-corrected chi connectivity index (χ1v) is 5.23. The first kappa shape index (κ1) is 12.6. The summed E-state index contributed by atoms with van der Waals surface area (Å²) in [7, 11) is 1.57. The van der Waals surface area contributed by atoms with Crippen molar-refractivity contribution in [1.82, 2.24) is 0 Å². The Morgan fingerprint density at radius 1 is 1.44 bits per heavy atom. The van der Waals surface area contributed by atoms with Crippen molar-refractivity contribution in [3.63, 3.8) is 0 Å². The number of hydrogen-bond acceptors (Lipinski definition) is 3. The van der Waals surface area contributed by atoms with Crippen molar-refractivity contribution in [2.75, 3.05) is 13.7 Å². The van der Waals surface area contributed by atoms with Crippen LogP contribution in [0.1, 0.15) is 12.5 Å². The van der Waals surface area contributed by atoms with E-state index in [2.05, 4.69) is 0 Å². The maximum absolute atomic E-state index is 10.6. The van der Waals surface area contributed by atoms with Gasteiger partial charge in [0.2, 0.25) is 5.24 Å². The monoisotopic (exact) mass is 240 g/mol. The summed E-state index contributed by atoms with van der Waals surface area (Å²) >= 11 is 5.20. The average Bonchev–Trinajstić information content (AvgIpc) is 2.28. The van der Waals surface area contributed by atoms with Crippen LogP contribution in [0.2, 0.25) is 0 Å². The zero-order chi connectivity index (χ0) is 12.0. The third kappa shape index (κ3) is 3.59. The molecular weight excluding hydrogens is 228 g/mol. The summed E-state index contributed by atoms with van der Waals surface area (Å²) in [6.45, 7) is 2.48. The highest BCUT2D eigenvalue weighted by Gasteiger charge is 2.03. The van der Waals surface area contributed by atoms with Crippen molar-refractivity contribution in [2.45, 2.75) is 6.92 Å². The molecule has 0 radical (unpaired) electrons. The highest BCUT2D eigenvalue weighted by atomic mass is 35.5. The maximum Gasteiger partial charge on any atom is 0.245 e. The minimum Gasteiger partial charge on any atom is -0.493 e. The molecule has 0 atom stereocenters. The standard InChI is InChI=1S/C12H13ClO3/c1-3-16-10-6-4-9(5-7-12(13)14)8-11(10)15-2/h4-8H,3H2,1-2H3/b7-5+. The Morgan fingerprint density at radius 3 is 2.75 bits per heavy atom. The van der Waals surface area contributed by atoms with Crippen LogP contribution in [0.15, 0.2) is 24.3 Å². The van der Waals surface area contributed by atoms with Gasteiger partial charge in [-0.1, -0.05) is 12.1 Å². The Bertz CT molecular complexity index is 399. The number of hydrogen-bond donors (Lipinski definition) is 0. The molecule has 3 nitrogen and oxygen atoms in total. The number of ether oxygens (including phenoxy) is 2. The molecule has 0 N–H and O–H groups in total. The second-order valence-electron chi connectivity index (χ2n) is 2.98. The Morgan fingerprint density at radius 2 is 2.19 bits per heavy atom. The summed E-state index contributed by atoms with van der Waals surface area (Å²) < 4.78 is 10.5. The summed E-state index contributed by atoms with van der Waals surface area (Å²) in [5, 5.41) is -0.507. The van der Waals surface area contributed by atoms with Gasteiger partial charge in [0.15, 0.2) is 11.5 Å². The van der Waals surface area contributed by atoms with Crippen LogP contribution in [-0.4, -0.2) is 19.0 Å². The molecule has 1 rings (SSSR count). The Hall–Kier alpha value is -1.48. The lowest BCUT2D eigenvalue weighted by molar-refractivity contribution is -0.107. The summed E-state index contributed by atoms with van der Waals surface area (Å²) in [5.74, 6) is 1.31. The minimum atomic E-state index is -0.507. The van der Waals surface area contributed by atoms with E-state index in [0.29, 0.717) is 18.1 Å². The van der Waals surface area contributed by atoms with Crippen LogP contribution in [0.5, 0.6) is 11.5 Å². The van der Waals surface area contributed by atoms with Gasteiger partial charge in [0.05, 0.1) is 13.7 Å². The summed E-state index contributed by atoms with van der Waals surface area (Å²) in [6, 6.07) is 5.39. The summed E-state index contributed by atoms with van der Waals surface area (Å²) in [6.07, 6.45) is 2.91. The van der Waals surface area contributed by atoms with E-state index in [9.17, 15) is 4.79 Å². The molecule has 0 aromatic heterocycles. The zero-order valence-corrected chi connectivity index (χ0v) is 9.95. The Balaban J connectivity index is 2.94. The first-order valence-electron chi connectivity index (χ1n) is 4.85. The van der Waals surface area contributed by atoms with E-state index in [1.165, 1.54) is 6.08 Å². The Kier molecular flexibility index (Phi) is 4.86. The van der Waals surface area contributed by atoms with Gasteiger partial charge < -0.3 is 9.47 Å². The van der Waals surface area contributed by atoms with Crippen LogP contribution in [0.4, 0.5) is 0 Å². The fourth-order valence-electron chi connectivity index (χ4n) is 1.22. The van der Waals surface area contributed by atoms with Crippen molar-refractivity contribution in [2.24, 2.45) is 0 Å². The normalized spacial score (nSPS) is 10.4. The van der Waals surface area contributed by atoms with Crippen molar-refractivity contribution in [1.29, 1.82) is 0 Å². The SMILES string of the molecule is CCOc1ccc(/C=C/C(=O)Cl)cc1OC. The quantitative estimate of drug-likeness (QED) is 0.587. The zero-order valence-electron chi connectivity index (χ0n) is 9.20. The number of halogens is 1. The molecule has 0 amide bonds. The number of carbonyl (C=O) groups excluding carboxylic acids is 1. The fourth-order valence-corrected chi connectivity index (χ4v) is 1.29. The van der Waals surface area contributed by atoms with E-state index >= 15 is 0 Å². The predicted molar refractivity (Wildman–Crippen MR) is 64.1 cm³/mol. The molecule has 0 spiro atoms. The highest BCUT2D eigenvalue weighted by Crippen LogP contribution is 2.28. The first-order chi connectivity index (χ1) is 7.67. The van der Waals surface area contributed by atoms with E-state index in [1.807, 2.05) is 13.0 Å². The predicted octanol–water partition coefficient (Wildman–Crippen LogP) is 2.87. The molecule has 1 aromatic carbocycles. The van der Waals surface area contributed by atoms with Crippen LogP contribution in [-0.2, 0) is 4.79 Å². The van der Waals surface area contributed by atoms with Gasteiger partial charge in [0.25, 0.3) is 0 Å². The summed E-state index contributed by atoms with van der Waals surface area (Å²) in [4.78, 5) is 10.6. The van der Waals surface area contributed by atoms with E-state index in [0.717, 1.165) is 5.56 Å². The van der Waals surface area contributed by atoms with Crippen molar-refractivity contribution < 1.29 is 14.3 Å². The molecule has 0 aliphatic carbocycles. The Labute approximate surface area is 99.6 Å².